The molecule has 0 bridgehead atoms. The molecule has 12 heteroatoms. The second-order valence-corrected chi connectivity index (χ2v) is 12.6. The molecule has 5 heterocycles. The number of unbranched alkanes of at least 4 members (excludes halogenated alkanes) is 3. The number of hydrogen-bond donors (Lipinski definition) is 2. The third kappa shape index (κ3) is 6.50. The van der Waals surface area contributed by atoms with Crippen molar-refractivity contribution in [3.8, 4) is 11.3 Å². The van der Waals surface area contributed by atoms with Crippen molar-refractivity contribution in [1.29, 1.82) is 0 Å². The van der Waals surface area contributed by atoms with Gasteiger partial charge in [0.1, 0.15) is 6.04 Å². The highest BCUT2D eigenvalue weighted by molar-refractivity contribution is 6.23. The van der Waals surface area contributed by atoms with Gasteiger partial charge in [0.25, 0.3) is 11.8 Å². The van der Waals surface area contributed by atoms with Crippen LogP contribution < -0.4 is 10.6 Å². The molecule has 0 radical (unpaired) electrons. The van der Waals surface area contributed by atoms with Gasteiger partial charge in [-0.05, 0) is 69.0 Å². The van der Waals surface area contributed by atoms with Gasteiger partial charge in [-0.25, -0.2) is 4.98 Å². The first-order valence-corrected chi connectivity index (χ1v) is 16.5. The molecule has 2 aromatic carbocycles. The lowest BCUT2D eigenvalue weighted by molar-refractivity contribution is -0.136. The lowest BCUT2D eigenvalue weighted by Crippen LogP contribution is -2.54. The minimum atomic E-state index is -0.954. The molecule has 2 saturated heterocycles. The quantitative estimate of drug-likeness (QED) is 0.183. The first kappa shape index (κ1) is 30.7. The Bertz CT molecular complexity index is 1830. The molecule has 3 aliphatic heterocycles. The largest absolute Gasteiger partial charge is 0.385 e. The summed E-state index contributed by atoms with van der Waals surface area (Å²) in [6.07, 6.45) is 12.6. The van der Waals surface area contributed by atoms with E-state index in [9.17, 15) is 19.2 Å². The summed E-state index contributed by atoms with van der Waals surface area (Å²) in [6.45, 7) is 4.00. The summed E-state index contributed by atoms with van der Waals surface area (Å²) in [7, 11) is 0. The second kappa shape index (κ2) is 13.4. The number of likely N-dealkylation sites (tertiary alicyclic amines) is 1. The average molecular weight is 635 g/mol. The fourth-order valence-corrected chi connectivity index (χ4v) is 6.80. The number of anilines is 1. The molecule has 12 nitrogen and oxygen atoms in total. The van der Waals surface area contributed by atoms with Gasteiger partial charge in [-0.15, -0.1) is 0 Å². The number of rotatable bonds is 11. The molecular formula is C35H38N8O4. The number of imide groups is 2. The van der Waals surface area contributed by atoms with Crippen LogP contribution in [-0.4, -0.2) is 85.4 Å². The van der Waals surface area contributed by atoms with Crippen molar-refractivity contribution in [2.75, 3.05) is 31.5 Å². The normalized spacial score (nSPS) is 19.0. The second-order valence-electron chi connectivity index (χ2n) is 12.6. The number of amides is 4. The Morgan fingerprint density at radius 3 is 2.47 bits per heavy atom. The summed E-state index contributed by atoms with van der Waals surface area (Å²) >= 11 is 0. The molecule has 2 fully saturated rings. The van der Waals surface area contributed by atoms with Gasteiger partial charge in [0, 0.05) is 43.5 Å². The number of nitrogens with one attached hydrogen (secondary N) is 2. The number of para-hydroxylation sites is 2. The lowest BCUT2D eigenvalue weighted by atomic mass is 10.0. The maximum Gasteiger partial charge on any atom is 0.262 e. The molecule has 3 aliphatic rings. The number of piperidine rings is 2. The Labute approximate surface area is 272 Å². The molecule has 242 valence electrons. The van der Waals surface area contributed by atoms with Crippen LogP contribution in [0.4, 0.5) is 5.69 Å². The van der Waals surface area contributed by atoms with Crippen LogP contribution in [0.2, 0.25) is 0 Å². The predicted molar refractivity (Wildman–Crippen MR) is 176 cm³/mol. The molecule has 7 rings (SSSR count). The summed E-state index contributed by atoms with van der Waals surface area (Å²) < 4.78 is 2.10. The first-order chi connectivity index (χ1) is 22.9. The van der Waals surface area contributed by atoms with Gasteiger partial charge in [0.2, 0.25) is 11.8 Å². The molecule has 2 aromatic heterocycles. The van der Waals surface area contributed by atoms with Crippen molar-refractivity contribution in [2.24, 2.45) is 0 Å². The third-order valence-electron chi connectivity index (χ3n) is 9.45. The number of carbonyl (C=O) groups is 4. The summed E-state index contributed by atoms with van der Waals surface area (Å²) in [5, 5.41) is 10.3. The molecule has 1 atom stereocenters. The zero-order valence-electron chi connectivity index (χ0n) is 26.2. The molecular weight excluding hydrogens is 596 g/mol. The van der Waals surface area contributed by atoms with Gasteiger partial charge < -0.3 is 10.2 Å². The van der Waals surface area contributed by atoms with Gasteiger partial charge in [-0.2, -0.15) is 5.10 Å². The number of aromatic nitrogens is 4. The van der Waals surface area contributed by atoms with Crippen molar-refractivity contribution in [3.05, 3.63) is 72.2 Å². The van der Waals surface area contributed by atoms with Crippen LogP contribution in [0, 0.1) is 0 Å². The van der Waals surface area contributed by atoms with Crippen molar-refractivity contribution < 1.29 is 19.2 Å². The van der Waals surface area contributed by atoms with E-state index >= 15 is 0 Å². The standard InChI is InChI=1S/C35H38N8O4/c44-32-12-11-31(33(45)40-32)43-34(46)26-10-9-24(19-27(26)35(43)47)36-15-5-1-2-6-16-41-17-13-25(14-18-41)42-22-23(20-38-42)30-21-37-28-7-3-4-8-29(28)39-30/h3-4,7-10,19-22,25,31,36H,1-2,5-6,11-18H2,(H,40,44,45). The molecule has 4 aromatic rings. The van der Waals surface area contributed by atoms with E-state index in [1.807, 2.05) is 36.7 Å². The highest BCUT2D eigenvalue weighted by atomic mass is 16.2. The number of fused-ring (bicyclic) bond motifs is 2. The zero-order valence-corrected chi connectivity index (χ0v) is 26.2. The van der Waals surface area contributed by atoms with Crippen LogP contribution in [0.25, 0.3) is 22.3 Å². The van der Waals surface area contributed by atoms with Crippen molar-refractivity contribution in [3.63, 3.8) is 0 Å². The molecule has 4 amide bonds. The van der Waals surface area contributed by atoms with E-state index in [4.69, 9.17) is 4.98 Å². The minimum Gasteiger partial charge on any atom is -0.385 e. The Balaban J connectivity index is 0.803. The van der Waals surface area contributed by atoms with Gasteiger partial charge in [-0.1, -0.05) is 25.0 Å². The molecule has 2 N–H and O–H groups in total. The van der Waals surface area contributed by atoms with E-state index < -0.39 is 23.8 Å². The predicted octanol–water partition coefficient (Wildman–Crippen LogP) is 4.20. The molecule has 1 unspecified atom stereocenters. The first-order valence-electron chi connectivity index (χ1n) is 16.5. The molecule has 0 aliphatic carbocycles. The fraction of sp³-hybridized carbons (Fsp3) is 0.400. The molecule has 0 saturated carbocycles. The van der Waals surface area contributed by atoms with Gasteiger partial charge in [0.05, 0.1) is 46.3 Å². The number of carbonyl (C=O) groups excluding carboxylic acids is 4. The topological polar surface area (TPSA) is 142 Å². The number of hydrogen-bond acceptors (Lipinski definition) is 9. The monoisotopic (exact) mass is 634 g/mol. The van der Waals surface area contributed by atoms with Crippen LogP contribution in [0.5, 0.6) is 0 Å². The fourth-order valence-electron chi connectivity index (χ4n) is 6.80. The number of nitrogens with zero attached hydrogens (tertiary/aromatic N) is 6. The van der Waals surface area contributed by atoms with Crippen molar-refractivity contribution >= 4 is 40.3 Å². The van der Waals surface area contributed by atoms with Gasteiger partial charge in [0.15, 0.2) is 0 Å². The van der Waals surface area contributed by atoms with E-state index in [-0.39, 0.29) is 18.7 Å². The minimum absolute atomic E-state index is 0.104. The highest BCUT2D eigenvalue weighted by Crippen LogP contribution is 2.30. The van der Waals surface area contributed by atoms with Crippen LogP contribution in [0.3, 0.4) is 0 Å². The van der Waals surface area contributed by atoms with E-state index in [0.717, 1.165) is 97.6 Å². The van der Waals surface area contributed by atoms with E-state index in [2.05, 4.69) is 36.5 Å². The average Bonchev–Trinajstić information content (AvgIpc) is 3.68. The Morgan fingerprint density at radius 2 is 1.64 bits per heavy atom. The SMILES string of the molecule is O=C1CCC(N2C(=O)c3ccc(NCCCCCCN4CCC(n5cc(-c6cnc7ccccc7n6)cn5)CC4)cc3C2=O)C(=O)N1. The summed E-state index contributed by atoms with van der Waals surface area (Å²) in [4.78, 5) is 62.6. The lowest BCUT2D eigenvalue weighted by Gasteiger charge is -2.32. The third-order valence-corrected chi connectivity index (χ3v) is 9.45. The maximum atomic E-state index is 13.0. The van der Waals surface area contributed by atoms with E-state index in [0.29, 0.717) is 17.2 Å². The Kier molecular flexibility index (Phi) is 8.75. The summed E-state index contributed by atoms with van der Waals surface area (Å²) in [5.41, 5.74) is 4.98. The van der Waals surface area contributed by atoms with Crippen LogP contribution in [0.1, 0.15) is 78.1 Å². The van der Waals surface area contributed by atoms with Gasteiger partial charge in [-0.3, -0.25) is 39.1 Å². The smallest absolute Gasteiger partial charge is 0.262 e. The van der Waals surface area contributed by atoms with Crippen LogP contribution >= 0.6 is 0 Å². The molecule has 47 heavy (non-hydrogen) atoms. The van der Waals surface area contributed by atoms with E-state index in [1.165, 1.54) is 0 Å². The van der Waals surface area contributed by atoms with Crippen molar-refractivity contribution in [1.82, 2.24) is 34.9 Å². The van der Waals surface area contributed by atoms with Crippen molar-refractivity contribution in [2.45, 2.75) is 63.5 Å². The van der Waals surface area contributed by atoms with Gasteiger partial charge >= 0.3 is 0 Å². The summed E-state index contributed by atoms with van der Waals surface area (Å²) in [6, 6.07) is 12.5. The zero-order chi connectivity index (χ0) is 32.3. The maximum absolute atomic E-state index is 13.0. The summed E-state index contributed by atoms with van der Waals surface area (Å²) in [5.74, 6) is -1.96. The Morgan fingerprint density at radius 1 is 0.851 bits per heavy atom. The number of benzene rings is 2. The van der Waals surface area contributed by atoms with Crippen LogP contribution in [-0.2, 0) is 9.59 Å². The Hall–Kier alpha value is -4.97. The highest BCUT2D eigenvalue weighted by Gasteiger charge is 2.44. The van der Waals surface area contributed by atoms with E-state index in [1.54, 1.807) is 18.2 Å². The van der Waals surface area contributed by atoms with Crippen LogP contribution in [0.15, 0.2) is 61.1 Å². The molecule has 0 spiro atoms.